The molecule has 5 aromatic rings. The highest BCUT2D eigenvalue weighted by atomic mass is 35.5. The molecule has 0 spiro atoms. The van der Waals surface area contributed by atoms with Gasteiger partial charge in [0, 0.05) is 27.2 Å². The second-order valence-electron chi connectivity index (χ2n) is 11.6. The van der Waals surface area contributed by atoms with Crippen molar-refractivity contribution in [3.8, 4) is 22.3 Å². The average molecular weight is 512 g/mol. The van der Waals surface area contributed by atoms with Gasteiger partial charge in [-0.3, -0.25) is 0 Å². The molecular formula is C36H30ClN. The number of anilines is 3. The third-order valence-corrected chi connectivity index (χ3v) is 8.93. The summed E-state index contributed by atoms with van der Waals surface area (Å²) in [4.78, 5) is 2.40. The van der Waals surface area contributed by atoms with E-state index in [0.717, 1.165) is 16.4 Å². The van der Waals surface area contributed by atoms with Crippen LogP contribution in [0.25, 0.3) is 22.3 Å². The number of rotatable bonds is 3. The molecule has 0 saturated carbocycles. The topological polar surface area (TPSA) is 3.24 Å². The summed E-state index contributed by atoms with van der Waals surface area (Å²) in [6, 6.07) is 39.6. The minimum Gasteiger partial charge on any atom is -0.310 e. The second-order valence-corrected chi connectivity index (χ2v) is 12.0. The molecule has 0 unspecified atom stereocenters. The Morgan fingerprint density at radius 3 is 1.82 bits per heavy atom. The maximum Gasteiger partial charge on any atom is 0.0508 e. The average Bonchev–Trinajstić information content (AvgIpc) is 3.29. The van der Waals surface area contributed by atoms with E-state index in [-0.39, 0.29) is 10.8 Å². The highest BCUT2D eigenvalue weighted by Crippen LogP contribution is 2.55. The summed E-state index contributed by atoms with van der Waals surface area (Å²) in [5, 5.41) is 0.733. The van der Waals surface area contributed by atoms with Crippen LogP contribution in [0.4, 0.5) is 17.1 Å². The van der Waals surface area contributed by atoms with E-state index in [4.69, 9.17) is 11.6 Å². The Hall–Kier alpha value is -3.81. The predicted octanol–water partition coefficient (Wildman–Crippen LogP) is 10.4. The molecule has 0 bridgehead atoms. The molecule has 38 heavy (non-hydrogen) atoms. The lowest BCUT2D eigenvalue weighted by atomic mass is 9.81. The first-order chi connectivity index (χ1) is 18.3. The van der Waals surface area contributed by atoms with Crippen LogP contribution < -0.4 is 4.90 Å². The first kappa shape index (κ1) is 23.3. The molecule has 0 aromatic heterocycles. The summed E-state index contributed by atoms with van der Waals surface area (Å²) >= 11 is 6.58. The van der Waals surface area contributed by atoms with Crippen molar-refractivity contribution in [3.63, 3.8) is 0 Å². The van der Waals surface area contributed by atoms with E-state index in [0.29, 0.717) is 0 Å². The Balaban J connectivity index is 1.49. The lowest BCUT2D eigenvalue weighted by Crippen LogP contribution is -2.21. The molecule has 0 radical (unpaired) electrons. The van der Waals surface area contributed by atoms with Crippen LogP contribution in [-0.2, 0) is 10.8 Å². The van der Waals surface area contributed by atoms with Gasteiger partial charge >= 0.3 is 0 Å². The molecule has 2 aliphatic carbocycles. The Kier molecular flexibility index (Phi) is 4.97. The molecule has 0 N–H and O–H groups in total. The fraction of sp³-hybridized carbons (Fsp3) is 0.167. The molecule has 0 fully saturated rings. The van der Waals surface area contributed by atoms with Gasteiger partial charge in [-0.25, -0.2) is 0 Å². The molecule has 0 amide bonds. The summed E-state index contributed by atoms with van der Waals surface area (Å²) in [6.45, 7) is 9.37. The molecule has 7 rings (SSSR count). The van der Waals surface area contributed by atoms with Crippen molar-refractivity contribution < 1.29 is 0 Å². The van der Waals surface area contributed by atoms with Crippen LogP contribution >= 0.6 is 11.6 Å². The van der Waals surface area contributed by atoms with Crippen molar-refractivity contribution in [1.29, 1.82) is 0 Å². The normalized spacial score (nSPS) is 15.4. The highest BCUT2D eigenvalue weighted by Gasteiger charge is 2.40. The molecule has 0 heterocycles. The van der Waals surface area contributed by atoms with E-state index >= 15 is 0 Å². The Morgan fingerprint density at radius 2 is 1.08 bits per heavy atom. The monoisotopic (exact) mass is 511 g/mol. The summed E-state index contributed by atoms with van der Waals surface area (Å²) in [7, 11) is 0. The van der Waals surface area contributed by atoms with Crippen LogP contribution in [-0.4, -0.2) is 0 Å². The molecular weight excluding hydrogens is 482 g/mol. The standard InChI is InChI=1S/C36H30ClN/c1-35(2)30-16-7-5-13-26(30)28-20-19-25(22-32(28)35)38(24-12-9-11-23(37)21-24)33-18-10-15-29-27-14-6-8-17-31(27)36(3,4)34(29)33/h5-22H,1-4H3. The number of hydrogen-bond acceptors (Lipinski definition) is 1. The van der Waals surface area contributed by atoms with E-state index in [1.165, 1.54) is 50.2 Å². The van der Waals surface area contributed by atoms with Crippen molar-refractivity contribution in [2.75, 3.05) is 4.90 Å². The predicted molar refractivity (Wildman–Crippen MR) is 161 cm³/mol. The van der Waals surface area contributed by atoms with E-state index in [1.807, 2.05) is 12.1 Å². The van der Waals surface area contributed by atoms with Crippen LogP contribution in [0.2, 0.25) is 5.02 Å². The molecule has 186 valence electrons. The van der Waals surface area contributed by atoms with E-state index in [2.05, 4.69) is 130 Å². The first-order valence-electron chi connectivity index (χ1n) is 13.3. The van der Waals surface area contributed by atoms with Gasteiger partial charge in [0.25, 0.3) is 0 Å². The molecule has 1 nitrogen and oxygen atoms in total. The van der Waals surface area contributed by atoms with E-state index in [9.17, 15) is 0 Å². The minimum atomic E-state index is -0.133. The van der Waals surface area contributed by atoms with Gasteiger partial charge in [0.15, 0.2) is 0 Å². The van der Waals surface area contributed by atoms with Crippen LogP contribution in [0, 0.1) is 0 Å². The number of hydrogen-bond donors (Lipinski definition) is 0. The molecule has 2 aliphatic rings. The Bertz CT molecular complexity index is 1740. The van der Waals surface area contributed by atoms with Crippen molar-refractivity contribution in [2.24, 2.45) is 0 Å². The van der Waals surface area contributed by atoms with Crippen LogP contribution in [0.1, 0.15) is 49.9 Å². The smallest absolute Gasteiger partial charge is 0.0508 e. The summed E-state index contributed by atoms with van der Waals surface area (Å²) < 4.78 is 0. The summed E-state index contributed by atoms with van der Waals surface area (Å²) in [5.41, 5.74) is 14.0. The van der Waals surface area contributed by atoms with Crippen LogP contribution in [0.15, 0.2) is 109 Å². The largest absolute Gasteiger partial charge is 0.310 e. The van der Waals surface area contributed by atoms with Gasteiger partial charge in [-0.2, -0.15) is 0 Å². The van der Waals surface area contributed by atoms with Gasteiger partial charge in [-0.05, 0) is 80.9 Å². The third kappa shape index (κ3) is 3.18. The van der Waals surface area contributed by atoms with Crippen LogP contribution in [0.5, 0.6) is 0 Å². The number of halogens is 1. The van der Waals surface area contributed by atoms with Crippen LogP contribution in [0.3, 0.4) is 0 Å². The van der Waals surface area contributed by atoms with Crippen molar-refractivity contribution >= 4 is 28.7 Å². The number of benzene rings is 5. The highest BCUT2D eigenvalue weighted by molar-refractivity contribution is 6.30. The second kappa shape index (κ2) is 8.09. The Morgan fingerprint density at radius 1 is 0.500 bits per heavy atom. The summed E-state index contributed by atoms with van der Waals surface area (Å²) in [6.07, 6.45) is 0. The van der Waals surface area contributed by atoms with E-state index < -0.39 is 0 Å². The zero-order valence-corrected chi connectivity index (χ0v) is 23.0. The minimum absolute atomic E-state index is 0.0733. The fourth-order valence-electron chi connectivity index (χ4n) is 6.88. The first-order valence-corrected chi connectivity index (χ1v) is 13.7. The van der Waals surface area contributed by atoms with Gasteiger partial charge in [0.05, 0.1) is 5.69 Å². The number of fused-ring (bicyclic) bond motifs is 6. The van der Waals surface area contributed by atoms with Crippen molar-refractivity contribution in [3.05, 3.63) is 136 Å². The molecule has 0 saturated heterocycles. The molecule has 0 atom stereocenters. The van der Waals surface area contributed by atoms with Crippen molar-refractivity contribution in [1.82, 2.24) is 0 Å². The summed E-state index contributed by atoms with van der Waals surface area (Å²) in [5.74, 6) is 0. The van der Waals surface area contributed by atoms with Gasteiger partial charge in [-0.1, -0.05) is 112 Å². The lowest BCUT2D eigenvalue weighted by Gasteiger charge is -2.33. The number of nitrogens with zero attached hydrogens (tertiary/aromatic N) is 1. The third-order valence-electron chi connectivity index (χ3n) is 8.69. The SMILES string of the molecule is CC1(C)c2ccccc2-c2ccc(N(c3cccc(Cl)c3)c3cccc4c3C(C)(C)c3ccccc3-4)cc21. The van der Waals surface area contributed by atoms with Gasteiger partial charge in [0.1, 0.15) is 0 Å². The fourth-order valence-corrected chi connectivity index (χ4v) is 7.06. The quantitative estimate of drug-likeness (QED) is 0.233. The lowest BCUT2D eigenvalue weighted by molar-refractivity contribution is 0.658. The molecule has 0 aliphatic heterocycles. The Labute approximate surface area is 230 Å². The molecule has 5 aromatic carbocycles. The van der Waals surface area contributed by atoms with Gasteiger partial charge in [0.2, 0.25) is 0 Å². The van der Waals surface area contributed by atoms with Crippen molar-refractivity contribution in [2.45, 2.75) is 38.5 Å². The zero-order valence-electron chi connectivity index (χ0n) is 22.2. The van der Waals surface area contributed by atoms with Gasteiger partial charge < -0.3 is 4.90 Å². The van der Waals surface area contributed by atoms with E-state index in [1.54, 1.807) is 0 Å². The molecule has 2 heteroatoms. The maximum absolute atomic E-state index is 6.58. The maximum atomic E-state index is 6.58. The zero-order chi connectivity index (χ0) is 26.2. The van der Waals surface area contributed by atoms with Gasteiger partial charge in [-0.15, -0.1) is 0 Å².